The average Bonchev–Trinajstić information content (AvgIpc) is 2.79. The molecule has 0 saturated heterocycles. The number of ether oxygens (including phenoxy) is 2. The first-order valence-corrected chi connectivity index (χ1v) is 14.7. The fraction of sp³-hybridized carbons (Fsp3) is 0.407. The van der Waals surface area contributed by atoms with Gasteiger partial charge in [0.15, 0.2) is 5.22 Å². The Morgan fingerprint density at radius 1 is 0.971 bits per heavy atom. The number of esters is 2. The molecule has 5 nitrogen and oxygen atoms in total. The van der Waals surface area contributed by atoms with Crippen molar-refractivity contribution in [3.63, 3.8) is 0 Å². The molecule has 0 aromatic heterocycles. The molecule has 2 aromatic carbocycles. The summed E-state index contributed by atoms with van der Waals surface area (Å²) < 4.78 is 10.9. The Hall–Kier alpha value is -2.41. The molecular weight excluding hydrogens is 468 g/mol. The summed E-state index contributed by atoms with van der Waals surface area (Å²) >= 11 is 5.93. The maximum Gasteiger partial charge on any atom is 0.335 e. The average molecular weight is 503 g/mol. The highest BCUT2D eigenvalue weighted by Gasteiger charge is 2.60. The molecule has 0 heterocycles. The number of halogens is 1. The van der Waals surface area contributed by atoms with Gasteiger partial charge in [-0.15, -0.1) is 0 Å². The van der Waals surface area contributed by atoms with Gasteiger partial charge in [-0.3, -0.25) is 0 Å². The lowest BCUT2D eigenvalue weighted by atomic mass is 10.0. The Morgan fingerprint density at radius 2 is 1.50 bits per heavy atom. The SMILES string of the molecule is C[C@H](/C=C/C(=O)OCc1ccccc1)[C@](O)(C(=O)OCc1ccc(Cl)cc1)[Si](C)(C)C(C)(C)C. The van der Waals surface area contributed by atoms with Crippen LogP contribution >= 0.6 is 11.6 Å². The minimum absolute atomic E-state index is 0.0164. The van der Waals surface area contributed by atoms with Crippen molar-refractivity contribution in [1.29, 1.82) is 0 Å². The fourth-order valence-electron chi connectivity index (χ4n) is 3.56. The van der Waals surface area contributed by atoms with Crippen LogP contribution < -0.4 is 0 Å². The molecule has 0 fully saturated rings. The molecule has 0 bridgehead atoms. The summed E-state index contributed by atoms with van der Waals surface area (Å²) in [6.45, 7) is 11.9. The van der Waals surface area contributed by atoms with Crippen molar-refractivity contribution in [3.05, 3.63) is 82.9 Å². The lowest BCUT2D eigenvalue weighted by Crippen LogP contribution is -2.67. The van der Waals surface area contributed by atoms with E-state index in [2.05, 4.69) is 0 Å². The number of benzene rings is 2. The van der Waals surface area contributed by atoms with Gasteiger partial charge in [0, 0.05) is 17.0 Å². The van der Waals surface area contributed by atoms with Crippen LogP contribution in [0.1, 0.15) is 38.8 Å². The number of hydrogen-bond acceptors (Lipinski definition) is 5. The minimum Gasteiger partial charge on any atom is -0.459 e. The third-order valence-corrected chi connectivity index (χ3v) is 13.4. The quantitative estimate of drug-likeness (QED) is 0.255. The molecule has 1 N–H and O–H groups in total. The third kappa shape index (κ3) is 6.59. The van der Waals surface area contributed by atoms with Crippen LogP contribution in [0.15, 0.2) is 66.7 Å². The van der Waals surface area contributed by atoms with Gasteiger partial charge < -0.3 is 14.6 Å². The van der Waals surface area contributed by atoms with Crippen molar-refractivity contribution in [3.8, 4) is 0 Å². The van der Waals surface area contributed by atoms with Gasteiger partial charge in [0.25, 0.3) is 0 Å². The normalized spacial score (nSPS) is 14.9. The molecule has 7 heteroatoms. The van der Waals surface area contributed by atoms with Crippen LogP contribution in [0.4, 0.5) is 0 Å². The molecule has 0 aliphatic rings. The first-order valence-electron chi connectivity index (χ1n) is 11.3. The molecule has 0 radical (unpaired) electrons. The van der Waals surface area contributed by atoms with Crippen molar-refractivity contribution < 1.29 is 24.2 Å². The Kier molecular flexibility index (Phi) is 9.28. The van der Waals surface area contributed by atoms with E-state index in [-0.39, 0.29) is 18.3 Å². The van der Waals surface area contributed by atoms with E-state index in [0.717, 1.165) is 11.1 Å². The molecular formula is C27H35ClO5Si. The summed E-state index contributed by atoms with van der Waals surface area (Å²) in [7, 11) is -2.72. The summed E-state index contributed by atoms with van der Waals surface area (Å²) in [5.41, 5.74) is 1.64. The monoisotopic (exact) mass is 502 g/mol. The van der Waals surface area contributed by atoms with Crippen molar-refractivity contribution in [1.82, 2.24) is 0 Å². The molecule has 0 unspecified atom stereocenters. The van der Waals surface area contributed by atoms with Gasteiger partial charge in [-0.2, -0.15) is 0 Å². The molecule has 2 atom stereocenters. The van der Waals surface area contributed by atoms with E-state index >= 15 is 0 Å². The fourth-order valence-corrected chi connectivity index (χ4v) is 6.65. The van der Waals surface area contributed by atoms with E-state index in [1.807, 2.05) is 64.2 Å². The van der Waals surface area contributed by atoms with Gasteiger partial charge in [-0.05, 0) is 28.3 Å². The van der Waals surface area contributed by atoms with Crippen LogP contribution in [0.25, 0.3) is 0 Å². The molecule has 34 heavy (non-hydrogen) atoms. The maximum absolute atomic E-state index is 13.4. The molecule has 0 amide bonds. The van der Waals surface area contributed by atoms with Crippen LogP contribution in [0, 0.1) is 5.92 Å². The van der Waals surface area contributed by atoms with Crippen LogP contribution in [0.5, 0.6) is 0 Å². The number of carbonyl (C=O) groups excluding carboxylic acids is 2. The van der Waals surface area contributed by atoms with Crippen molar-refractivity contribution in [2.24, 2.45) is 5.92 Å². The van der Waals surface area contributed by atoms with Gasteiger partial charge >= 0.3 is 11.9 Å². The summed E-state index contributed by atoms with van der Waals surface area (Å²) in [5, 5.41) is 10.4. The van der Waals surface area contributed by atoms with Gasteiger partial charge in [0.05, 0.1) is 0 Å². The van der Waals surface area contributed by atoms with Gasteiger partial charge in [0.2, 0.25) is 0 Å². The van der Waals surface area contributed by atoms with Crippen molar-refractivity contribution >= 4 is 31.6 Å². The van der Waals surface area contributed by atoms with E-state index in [0.29, 0.717) is 5.02 Å². The zero-order chi connectivity index (χ0) is 25.6. The Morgan fingerprint density at radius 3 is 2.06 bits per heavy atom. The summed E-state index contributed by atoms with van der Waals surface area (Å²) in [4.78, 5) is 25.7. The highest BCUT2D eigenvalue weighted by Crippen LogP contribution is 2.46. The van der Waals surface area contributed by atoms with E-state index < -0.39 is 31.2 Å². The smallest absolute Gasteiger partial charge is 0.335 e. The third-order valence-electron chi connectivity index (χ3n) is 6.83. The molecule has 184 valence electrons. The number of carbonyl (C=O) groups is 2. The topological polar surface area (TPSA) is 72.8 Å². The predicted octanol–water partition coefficient (Wildman–Crippen LogP) is 6.10. The second kappa shape index (κ2) is 11.3. The second-order valence-corrected chi connectivity index (χ2v) is 16.0. The highest BCUT2D eigenvalue weighted by atomic mass is 35.5. The Bertz CT molecular complexity index is 996. The lowest BCUT2D eigenvalue weighted by molar-refractivity contribution is -0.162. The largest absolute Gasteiger partial charge is 0.459 e. The van der Waals surface area contributed by atoms with Gasteiger partial charge in [0.1, 0.15) is 21.3 Å². The molecule has 0 saturated carbocycles. The predicted molar refractivity (Wildman–Crippen MR) is 138 cm³/mol. The number of rotatable bonds is 9. The van der Waals surface area contributed by atoms with Crippen LogP contribution in [0.2, 0.25) is 23.2 Å². The maximum atomic E-state index is 13.4. The van der Waals surface area contributed by atoms with Crippen molar-refractivity contribution in [2.75, 3.05) is 0 Å². The van der Waals surface area contributed by atoms with E-state index in [1.54, 1.807) is 31.2 Å². The number of aliphatic hydroxyl groups is 1. The van der Waals surface area contributed by atoms with E-state index in [4.69, 9.17) is 21.1 Å². The summed E-state index contributed by atoms with van der Waals surface area (Å²) in [6, 6.07) is 16.3. The number of hydrogen-bond donors (Lipinski definition) is 1. The first kappa shape index (κ1) is 27.8. The summed E-state index contributed by atoms with van der Waals surface area (Å²) in [5.74, 6) is -1.90. The minimum atomic E-state index is -2.72. The molecule has 2 rings (SSSR count). The van der Waals surface area contributed by atoms with Crippen LogP contribution in [-0.2, 0) is 32.3 Å². The van der Waals surface area contributed by atoms with Gasteiger partial charge in [-0.1, -0.05) is 101 Å². The van der Waals surface area contributed by atoms with E-state index in [1.165, 1.54) is 12.2 Å². The second-order valence-electron chi connectivity index (χ2n) is 10.1. The molecule has 2 aromatic rings. The van der Waals surface area contributed by atoms with E-state index in [9.17, 15) is 14.7 Å². The molecule has 0 aliphatic heterocycles. The Balaban J connectivity index is 2.20. The summed E-state index contributed by atoms with van der Waals surface area (Å²) in [6.07, 6.45) is 2.82. The van der Waals surface area contributed by atoms with Crippen LogP contribution in [0.3, 0.4) is 0 Å². The van der Waals surface area contributed by atoms with Crippen LogP contribution in [-0.4, -0.2) is 30.3 Å². The molecule has 0 aliphatic carbocycles. The van der Waals surface area contributed by atoms with Crippen molar-refractivity contribution in [2.45, 2.75) is 64.3 Å². The highest BCUT2D eigenvalue weighted by molar-refractivity contribution is 6.85. The Labute approximate surface area is 208 Å². The molecule has 0 spiro atoms. The standard InChI is InChI=1S/C27H35ClO5Si/c1-20(12-17-24(29)32-18-21-10-8-7-9-11-21)27(31,34(5,6)26(2,3)4)25(30)33-19-22-13-15-23(28)16-14-22/h7-17,20,31H,18-19H2,1-6H3/b17-12+/t20-,27-/m1/s1. The van der Waals surface area contributed by atoms with Gasteiger partial charge in [-0.25, -0.2) is 9.59 Å². The first-order chi connectivity index (χ1) is 15.8. The lowest BCUT2D eigenvalue weighted by Gasteiger charge is -2.49. The zero-order valence-corrected chi connectivity index (χ0v) is 22.6. The zero-order valence-electron chi connectivity index (χ0n) is 20.8.